The van der Waals surface area contributed by atoms with Gasteiger partial charge in [-0.3, -0.25) is 14.9 Å². The number of benzene rings is 1. The molecule has 0 aliphatic rings. The average molecular weight is 221 g/mol. The van der Waals surface area contributed by atoms with E-state index in [-0.39, 0.29) is 17.0 Å². The van der Waals surface area contributed by atoms with Gasteiger partial charge in [0.2, 0.25) is 0 Å². The predicted octanol–water partition coefficient (Wildman–Crippen LogP) is 1.93. The Bertz CT molecular complexity index is 440. The minimum Gasteiger partial charge on any atom is -0.303 e. The maximum Gasteiger partial charge on any atom is 0.280 e. The van der Waals surface area contributed by atoms with Gasteiger partial charge in [0.25, 0.3) is 5.69 Å². The summed E-state index contributed by atoms with van der Waals surface area (Å²) >= 11 is 0. The molecule has 0 unspecified atom stereocenters. The van der Waals surface area contributed by atoms with Gasteiger partial charge < -0.3 is 4.79 Å². The third-order valence-corrected chi connectivity index (χ3v) is 2.19. The van der Waals surface area contributed by atoms with Crippen molar-refractivity contribution in [3.05, 3.63) is 39.4 Å². The summed E-state index contributed by atoms with van der Waals surface area (Å²) in [5, 5.41) is 10.6. The van der Waals surface area contributed by atoms with E-state index < -0.39 is 4.92 Å². The normalized spacial score (nSPS) is 9.81. The summed E-state index contributed by atoms with van der Waals surface area (Å²) in [6.07, 6.45) is 1.60. The molecule has 0 bridgehead atoms. The van der Waals surface area contributed by atoms with Crippen LogP contribution in [0.25, 0.3) is 0 Å². The molecule has 1 rings (SSSR count). The molecule has 0 radical (unpaired) electrons. The molecule has 16 heavy (non-hydrogen) atoms. The summed E-state index contributed by atoms with van der Waals surface area (Å²) in [6, 6.07) is 4.34. The van der Waals surface area contributed by atoms with Gasteiger partial charge in [-0.2, -0.15) is 0 Å². The predicted molar refractivity (Wildman–Crippen MR) is 57.5 cm³/mol. The Labute approximate surface area is 92.2 Å². The second kappa shape index (κ2) is 5.16. The lowest BCUT2D eigenvalue weighted by Gasteiger charge is -2.02. The van der Waals surface area contributed by atoms with E-state index in [9.17, 15) is 19.7 Å². The first-order valence-corrected chi connectivity index (χ1v) is 4.78. The van der Waals surface area contributed by atoms with Crippen LogP contribution >= 0.6 is 0 Å². The molecule has 0 amide bonds. The van der Waals surface area contributed by atoms with Gasteiger partial charge in [0.15, 0.2) is 5.78 Å². The maximum atomic E-state index is 11.2. The number of carbonyl (C=O) groups is 2. The molecule has 0 heterocycles. The number of ketones is 1. The summed E-state index contributed by atoms with van der Waals surface area (Å²) in [6.45, 7) is 1.28. The van der Waals surface area contributed by atoms with Crippen molar-refractivity contribution in [2.24, 2.45) is 0 Å². The van der Waals surface area contributed by atoms with Crippen LogP contribution in [0.4, 0.5) is 5.69 Å². The Morgan fingerprint density at radius 1 is 1.50 bits per heavy atom. The molecule has 0 fully saturated rings. The Kier molecular flexibility index (Phi) is 3.88. The van der Waals surface area contributed by atoms with E-state index in [2.05, 4.69) is 0 Å². The van der Waals surface area contributed by atoms with E-state index in [1.165, 1.54) is 19.1 Å². The molecular weight excluding hydrogens is 210 g/mol. The molecule has 1 aromatic carbocycles. The zero-order chi connectivity index (χ0) is 12.1. The van der Waals surface area contributed by atoms with Crippen molar-refractivity contribution < 1.29 is 14.5 Å². The Morgan fingerprint density at radius 3 is 2.69 bits per heavy atom. The number of aryl methyl sites for hydroxylation is 1. The number of aldehydes is 1. The van der Waals surface area contributed by atoms with Crippen molar-refractivity contribution in [2.75, 3.05) is 0 Å². The van der Waals surface area contributed by atoms with Crippen LogP contribution in [0.1, 0.15) is 29.3 Å². The quantitative estimate of drug-likeness (QED) is 0.329. The van der Waals surface area contributed by atoms with Crippen molar-refractivity contribution >= 4 is 17.8 Å². The lowest BCUT2D eigenvalue weighted by atomic mass is 10.0. The molecule has 0 aliphatic carbocycles. The number of nitrogens with zero attached hydrogens (tertiary/aromatic N) is 1. The monoisotopic (exact) mass is 221 g/mol. The largest absolute Gasteiger partial charge is 0.303 e. The van der Waals surface area contributed by atoms with Gasteiger partial charge in [-0.05, 0) is 25.0 Å². The van der Waals surface area contributed by atoms with Crippen LogP contribution in [0.3, 0.4) is 0 Å². The first-order chi connectivity index (χ1) is 7.56. The average Bonchev–Trinajstić information content (AvgIpc) is 2.25. The van der Waals surface area contributed by atoms with Gasteiger partial charge in [0.05, 0.1) is 10.5 Å². The van der Waals surface area contributed by atoms with Crippen LogP contribution in [0.2, 0.25) is 0 Å². The van der Waals surface area contributed by atoms with Crippen molar-refractivity contribution in [2.45, 2.75) is 19.8 Å². The summed E-state index contributed by atoms with van der Waals surface area (Å²) in [4.78, 5) is 31.5. The summed E-state index contributed by atoms with van der Waals surface area (Å²) in [7, 11) is 0. The molecule has 0 saturated heterocycles. The van der Waals surface area contributed by atoms with E-state index in [0.717, 1.165) is 11.8 Å². The Balaban J connectivity index is 3.12. The molecule has 84 valence electrons. The SMILES string of the molecule is CC(=O)c1cc(CCC=O)ccc1[N+](=O)[O-]. The molecule has 0 aromatic heterocycles. The first-order valence-electron chi connectivity index (χ1n) is 4.78. The standard InChI is InChI=1S/C11H11NO4/c1-8(14)10-7-9(3-2-6-13)4-5-11(10)12(15)16/h4-7H,2-3H2,1H3. The van der Waals surface area contributed by atoms with Crippen LogP contribution in [-0.4, -0.2) is 17.0 Å². The number of carbonyl (C=O) groups excluding carboxylic acids is 2. The number of hydrogen-bond acceptors (Lipinski definition) is 4. The zero-order valence-corrected chi connectivity index (χ0v) is 8.80. The van der Waals surface area contributed by atoms with Crippen molar-refractivity contribution in [3.8, 4) is 0 Å². The number of Topliss-reactive ketones (excluding diaryl/α,β-unsaturated/α-hetero) is 1. The Hall–Kier alpha value is -2.04. The van der Waals surface area contributed by atoms with Gasteiger partial charge in [-0.25, -0.2) is 0 Å². The summed E-state index contributed by atoms with van der Waals surface area (Å²) in [5.41, 5.74) is 0.652. The molecule has 0 N–H and O–H groups in total. The fraction of sp³-hybridized carbons (Fsp3) is 0.273. The van der Waals surface area contributed by atoms with E-state index in [0.29, 0.717) is 12.8 Å². The van der Waals surface area contributed by atoms with Gasteiger partial charge in [-0.15, -0.1) is 0 Å². The minimum absolute atomic E-state index is 0.0911. The number of rotatable bonds is 5. The van der Waals surface area contributed by atoms with E-state index in [1.54, 1.807) is 6.07 Å². The number of nitro benzene ring substituents is 1. The van der Waals surface area contributed by atoms with E-state index in [1.807, 2.05) is 0 Å². The van der Waals surface area contributed by atoms with Crippen LogP contribution < -0.4 is 0 Å². The van der Waals surface area contributed by atoms with Gasteiger partial charge in [-0.1, -0.05) is 6.07 Å². The number of hydrogen-bond donors (Lipinski definition) is 0. The highest BCUT2D eigenvalue weighted by Crippen LogP contribution is 2.21. The highest BCUT2D eigenvalue weighted by molar-refractivity contribution is 5.98. The lowest BCUT2D eigenvalue weighted by molar-refractivity contribution is -0.385. The van der Waals surface area contributed by atoms with Crippen LogP contribution in [-0.2, 0) is 11.2 Å². The van der Waals surface area contributed by atoms with Gasteiger partial charge in [0, 0.05) is 12.5 Å². The molecule has 0 saturated carbocycles. The molecule has 0 spiro atoms. The highest BCUT2D eigenvalue weighted by atomic mass is 16.6. The topological polar surface area (TPSA) is 77.3 Å². The summed E-state index contributed by atoms with van der Waals surface area (Å²) < 4.78 is 0. The van der Waals surface area contributed by atoms with Crippen molar-refractivity contribution in [1.82, 2.24) is 0 Å². The fourth-order valence-corrected chi connectivity index (χ4v) is 1.41. The van der Waals surface area contributed by atoms with Gasteiger partial charge >= 0.3 is 0 Å². The zero-order valence-electron chi connectivity index (χ0n) is 8.80. The highest BCUT2D eigenvalue weighted by Gasteiger charge is 2.17. The maximum absolute atomic E-state index is 11.2. The molecule has 0 atom stereocenters. The van der Waals surface area contributed by atoms with Crippen LogP contribution in [0.5, 0.6) is 0 Å². The smallest absolute Gasteiger partial charge is 0.280 e. The lowest BCUT2D eigenvalue weighted by Crippen LogP contribution is -2.01. The molecule has 5 heteroatoms. The second-order valence-electron chi connectivity index (χ2n) is 3.37. The molecular formula is C11H11NO4. The van der Waals surface area contributed by atoms with Crippen LogP contribution in [0.15, 0.2) is 18.2 Å². The van der Waals surface area contributed by atoms with E-state index >= 15 is 0 Å². The second-order valence-corrected chi connectivity index (χ2v) is 3.37. The molecule has 0 aliphatic heterocycles. The third kappa shape index (κ3) is 2.73. The third-order valence-electron chi connectivity index (χ3n) is 2.19. The number of nitro groups is 1. The van der Waals surface area contributed by atoms with Crippen LogP contribution in [0, 0.1) is 10.1 Å². The van der Waals surface area contributed by atoms with E-state index in [4.69, 9.17) is 0 Å². The molecule has 1 aromatic rings. The van der Waals surface area contributed by atoms with Crippen molar-refractivity contribution in [3.63, 3.8) is 0 Å². The first kappa shape index (κ1) is 12.0. The fourth-order valence-electron chi connectivity index (χ4n) is 1.41. The van der Waals surface area contributed by atoms with Crippen molar-refractivity contribution in [1.29, 1.82) is 0 Å². The van der Waals surface area contributed by atoms with Gasteiger partial charge in [0.1, 0.15) is 6.29 Å². The minimum atomic E-state index is -0.583. The Morgan fingerprint density at radius 2 is 2.19 bits per heavy atom. The summed E-state index contributed by atoms with van der Waals surface area (Å²) in [5.74, 6) is -0.348. The molecule has 5 nitrogen and oxygen atoms in total.